The molecule has 150 valence electrons. The first-order valence-electron chi connectivity index (χ1n) is 7.56. The monoisotopic (exact) mass is 406 g/mol. The molecule has 11 heteroatoms. The van der Waals surface area contributed by atoms with E-state index < -0.39 is 47.9 Å². The topological polar surface area (TPSA) is 78.4 Å². The van der Waals surface area contributed by atoms with Crippen LogP contribution in [0.15, 0.2) is 36.4 Å². The molecule has 0 saturated heterocycles. The van der Waals surface area contributed by atoms with E-state index >= 15 is 0 Å². The highest BCUT2D eigenvalue weighted by atomic mass is 19.4. The SMILES string of the molecule is O=C(CC(F)(F)F)NC(C(=O)NO)c1ccc(-c2cc(F)c(F)c(F)c2)cc1. The summed E-state index contributed by atoms with van der Waals surface area (Å²) < 4.78 is 76.5. The highest BCUT2D eigenvalue weighted by molar-refractivity contribution is 5.88. The fraction of sp³-hybridized carbons (Fsp3) is 0.176. The number of nitrogens with one attached hydrogen (secondary N) is 2. The van der Waals surface area contributed by atoms with E-state index in [2.05, 4.69) is 0 Å². The molecule has 0 saturated carbocycles. The van der Waals surface area contributed by atoms with E-state index in [1.165, 1.54) is 29.7 Å². The highest BCUT2D eigenvalue weighted by Crippen LogP contribution is 2.26. The normalized spacial score (nSPS) is 12.4. The Labute approximate surface area is 153 Å². The molecule has 2 aromatic carbocycles. The third-order valence-electron chi connectivity index (χ3n) is 3.60. The quantitative estimate of drug-likeness (QED) is 0.308. The number of alkyl halides is 3. The molecule has 1 unspecified atom stereocenters. The lowest BCUT2D eigenvalue weighted by molar-refractivity contribution is -0.155. The van der Waals surface area contributed by atoms with Gasteiger partial charge in [0.15, 0.2) is 17.5 Å². The Bertz CT molecular complexity index is 860. The molecule has 0 fully saturated rings. The third kappa shape index (κ3) is 5.22. The molecule has 0 aliphatic heterocycles. The number of rotatable bonds is 5. The fourth-order valence-electron chi connectivity index (χ4n) is 2.35. The molecule has 28 heavy (non-hydrogen) atoms. The zero-order valence-electron chi connectivity index (χ0n) is 13.8. The van der Waals surface area contributed by atoms with Crippen molar-refractivity contribution in [3.63, 3.8) is 0 Å². The van der Waals surface area contributed by atoms with Gasteiger partial charge in [0, 0.05) is 0 Å². The maximum atomic E-state index is 13.3. The second-order valence-corrected chi connectivity index (χ2v) is 5.64. The average molecular weight is 406 g/mol. The molecule has 1 atom stereocenters. The van der Waals surface area contributed by atoms with Crippen LogP contribution in [-0.2, 0) is 9.59 Å². The van der Waals surface area contributed by atoms with Crippen molar-refractivity contribution in [2.24, 2.45) is 0 Å². The van der Waals surface area contributed by atoms with Crippen molar-refractivity contribution in [1.82, 2.24) is 10.8 Å². The van der Waals surface area contributed by atoms with Crippen LogP contribution in [0.3, 0.4) is 0 Å². The van der Waals surface area contributed by atoms with E-state index in [0.29, 0.717) is 0 Å². The molecule has 2 amide bonds. The molecule has 0 spiro atoms. The van der Waals surface area contributed by atoms with Crippen LogP contribution in [0.25, 0.3) is 11.1 Å². The number of halogens is 6. The molecule has 2 rings (SSSR count). The van der Waals surface area contributed by atoms with Crippen molar-refractivity contribution in [1.29, 1.82) is 0 Å². The van der Waals surface area contributed by atoms with Gasteiger partial charge >= 0.3 is 6.18 Å². The van der Waals surface area contributed by atoms with Crippen LogP contribution < -0.4 is 10.8 Å². The van der Waals surface area contributed by atoms with E-state index in [9.17, 15) is 35.9 Å². The number of carbonyl (C=O) groups is 2. The summed E-state index contributed by atoms with van der Waals surface area (Å²) in [6.45, 7) is 0. The average Bonchev–Trinajstić information content (AvgIpc) is 2.62. The lowest BCUT2D eigenvalue weighted by Crippen LogP contribution is -2.40. The van der Waals surface area contributed by atoms with Gasteiger partial charge in [-0.1, -0.05) is 24.3 Å². The Kier molecular flexibility index (Phi) is 6.29. The van der Waals surface area contributed by atoms with E-state index in [4.69, 9.17) is 5.21 Å². The van der Waals surface area contributed by atoms with Gasteiger partial charge in [-0.05, 0) is 28.8 Å². The van der Waals surface area contributed by atoms with E-state index in [0.717, 1.165) is 12.1 Å². The summed E-state index contributed by atoms with van der Waals surface area (Å²) in [5.74, 6) is -7.20. The van der Waals surface area contributed by atoms with E-state index in [1.807, 2.05) is 5.32 Å². The second kappa shape index (κ2) is 8.30. The number of hydrogen-bond acceptors (Lipinski definition) is 3. The number of hydroxylamine groups is 1. The van der Waals surface area contributed by atoms with Crippen LogP contribution in [0.2, 0.25) is 0 Å². The summed E-state index contributed by atoms with van der Waals surface area (Å²) in [4.78, 5) is 23.1. The van der Waals surface area contributed by atoms with E-state index in [1.54, 1.807) is 0 Å². The third-order valence-corrected chi connectivity index (χ3v) is 3.60. The lowest BCUT2D eigenvalue weighted by atomic mass is 10.00. The molecule has 0 radical (unpaired) electrons. The minimum absolute atomic E-state index is 0.0196. The first-order chi connectivity index (χ1) is 13.0. The van der Waals surface area contributed by atoms with Crippen LogP contribution >= 0.6 is 0 Å². The van der Waals surface area contributed by atoms with Crippen molar-refractivity contribution >= 4 is 11.8 Å². The Hall–Kier alpha value is -3.08. The maximum absolute atomic E-state index is 13.3. The number of carbonyl (C=O) groups excluding carboxylic acids is 2. The Morgan fingerprint density at radius 1 is 0.964 bits per heavy atom. The number of amides is 2. The standard InChI is InChI=1S/C17H12F6N2O3/c18-11-5-10(6-12(19)14(11)20)8-1-3-9(4-2-8)15(16(27)25-28)24-13(26)7-17(21,22)23/h1-6,15,28H,7H2,(H,24,26)(H,25,27). The van der Waals surface area contributed by atoms with Gasteiger partial charge in [0.25, 0.3) is 5.91 Å². The Morgan fingerprint density at radius 3 is 1.96 bits per heavy atom. The van der Waals surface area contributed by atoms with Gasteiger partial charge in [-0.25, -0.2) is 18.7 Å². The van der Waals surface area contributed by atoms with Gasteiger partial charge in [0.05, 0.1) is 0 Å². The first-order valence-corrected chi connectivity index (χ1v) is 7.56. The van der Waals surface area contributed by atoms with Crippen LogP contribution in [0.4, 0.5) is 26.3 Å². The number of benzene rings is 2. The van der Waals surface area contributed by atoms with Crippen LogP contribution in [0, 0.1) is 17.5 Å². The first kappa shape index (κ1) is 21.2. The summed E-state index contributed by atoms with van der Waals surface area (Å²) >= 11 is 0. The summed E-state index contributed by atoms with van der Waals surface area (Å²) in [5.41, 5.74) is 1.37. The summed E-state index contributed by atoms with van der Waals surface area (Å²) in [6, 6.07) is 4.66. The van der Waals surface area contributed by atoms with Crippen LogP contribution in [0.1, 0.15) is 18.0 Å². The molecule has 0 aliphatic rings. The van der Waals surface area contributed by atoms with Crippen molar-refractivity contribution in [3.8, 4) is 11.1 Å². The van der Waals surface area contributed by atoms with Crippen LogP contribution in [0.5, 0.6) is 0 Å². The van der Waals surface area contributed by atoms with Gasteiger partial charge in [0.1, 0.15) is 12.5 Å². The summed E-state index contributed by atoms with van der Waals surface area (Å²) in [6.07, 6.45) is -6.64. The fourth-order valence-corrected chi connectivity index (χ4v) is 2.35. The zero-order chi connectivity index (χ0) is 21.1. The van der Waals surface area contributed by atoms with Gasteiger partial charge in [-0.2, -0.15) is 13.2 Å². The molecule has 0 bridgehead atoms. The van der Waals surface area contributed by atoms with Gasteiger partial charge in [0.2, 0.25) is 5.91 Å². The van der Waals surface area contributed by atoms with Crippen molar-refractivity contribution in [3.05, 3.63) is 59.4 Å². The molecular weight excluding hydrogens is 394 g/mol. The molecule has 0 heterocycles. The zero-order valence-corrected chi connectivity index (χ0v) is 13.8. The molecular formula is C17H12F6N2O3. The summed E-state index contributed by atoms with van der Waals surface area (Å²) in [7, 11) is 0. The Morgan fingerprint density at radius 2 is 1.50 bits per heavy atom. The maximum Gasteiger partial charge on any atom is 0.397 e. The predicted molar refractivity (Wildman–Crippen MR) is 83.2 cm³/mol. The van der Waals surface area contributed by atoms with Crippen molar-refractivity contribution in [2.75, 3.05) is 0 Å². The smallest absolute Gasteiger partial charge is 0.340 e. The number of hydrogen-bond donors (Lipinski definition) is 3. The largest absolute Gasteiger partial charge is 0.397 e. The van der Waals surface area contributed by atoms with Crippen molar-refractivity contribution in [2.45, 2.75) is 18.6 Å². The predicted octanol–water partition coefficient (Wildman–Crippen LogP) is 3.39. The Balaban J connectivity index is 2.29. The van der Waals surface area contributed by atoms with Gasteiger partial charge in [-0.15, -0.1) is 0 Å². The van der Waals surface area contributed by atoms with Crippen LogP contribution in [-0.4, -0.2) is 23.2 Å². The second-order valence-electron chi connectivity index (χ2n) is 5.64. The minimum atomic E-state index is -4.80. The van der Waals surface area contributed by atoms with Crippen molar-refractivity contribution < 1.29 is 41.1 Å². The molecule has 3 N–H and O–H groups in total. The molecule has 0 aromatic heterocycles. The highest BCUT2D eigenvalue weighted by Gasteiger charge is 2.33. The lowest BCUT2D eigenvalue weighted by Gasteiger charge is -2.18. The van der Waals surface area contributed by atoms with Gasteiger partial charge < -0.3 is 5.32 Å². The van der Waals surface area contributed by atoms with Gasteiger partial charge in [-0.3, -0.25) is 14.8 Å². The minimum Gasteiger partial charge on any atom is -0.340 e. The van der Waals surface area contributed by atoms with E-state index in [-0.39, 0.29) is 16.7 Å². The molecule has 2 aromatic rings. The molecule has 0 aliphatic carbocycles. The summed E-state index contributed by atoms with van der Waals surface area (Å²) in [5, 5.41) is 10.6. The molecule has 5 nitrogen and oxygen atoms in total.